The van der Waals surface area contributed by atoms with Gasteiger partial charge in [0.1, 0.15) is 11.8 Å². The minimum atomic E-state index is -4.42. The second kappa shape index (κ2) is 7.78. The van der Waals surface area contributed by atoms with E-state index < -0.39 is 17.8 Å². The second-order valence-electron chi connectivity index (χ2n) is 6.97. The highest BCUT2D eigenvalue weighted by Gasteiger charge is 2.34. The lowest BCUT2D eigenvalue weighted by Gasteiger charge is -2.37. The smallest absolute Gasteiger partial charge is 0.416 e. The number of halogens is 3. The molecule has 156 valence electrons. The van der Waals surface area contributed by atoms with Gasteiger partial charge >= 0.3 is 12.2 Å². The Morgan fingerprint density at radius 2 is 1.77 bits per heavy atom. The molecule has 2 aromatic carbocycles. The minimum absolute atomic E-state index is 0.299. The first-order chi connectivity index (χ1) is 14.4. The van der Waals surface area contributed by atoms with E-state index in [-0.39, 0.29) is 6.04 Å². The van der Waals surface area contributed by atoms with E-state index in [0.29, 0.717) is 24.5 Å². The Hall–Kier alpha value is -3.42. The van der Waals surface area contributed by atoms with Gasteiger partial charge in [0.25, 0.3) is 0 Å². The fourth-order valence-corrected chi connectivity index (χ4v) is 3.76. The second-order valence-corrected chi connectivity index (χ2v) is 6.97. The normalized spacial score (nSPS) is 16.1. The molecule has 0 radical (unpaired) electrons. The summed E-state index contributed by atoms with van der Waals surface area (Å²) in [6, 6.07) is 15.0. The number of rotatable bonds is 3. The highest BCUT2D eigenvalue weighted by Crippen LogP contribution is 2.37. The summed E-state index contributed by atoms with van der Waals surface area (Å²) in [5.74, 6) is 0.657. The summed E-state index contributed by atoms with van der Waals surface area (Å²) in [7, 11) is 1.58. The molecule has 8 heteroatoms. The lowest BCUT2D eigenvalue weighted by Crippen LogP contribution is -2.44. The van der Waals surface area contributed by atoms with Crippen LogP contribution in [-0.2, 0) is 12.7 Å². The summed E-state index contributed by atoms with van der Waals surface area (Å²) < 4.78 is 45.9. The summed E-state index contributed by atoms with van der Waals surface area (Å²) in [5, 5.41) is 2.72. The summed E-state index contributed by atoms with van der Waals surface area (Å²) >= 11 is 0. The van der Waals surface area contributed by atoms with Crippen molar-refractivity contribution in [3.05, 3.63) is 83.7 Å². The standard InChI is InChI=1S/C22H20F3N3O2/c1-30-19-7-3-2-5-17(19)20-18-6-4-12-27(18)13-14-28(20)21(29)26-16-10-8-15(9-11-16)22(23,24)25/h2-12,20H,13-14H2,1H3,(H,26,29). The molecule has 0 saturated carbocycles. The molecule has 1 aromatic heterocycles. The minimum Gasteiger partial charge on any atom is -0.496 e. The average molecular weight is 415 g/mol. The number of aromatic nitrogens is 1. The summed E-state index contributed by atoms with van der Waals surface area (Å²) in [6.07, 6.45) is -2.46. The van der Waals surface area contributed by atoms with Crippen LogP contribution < -0.4 is 10.1 Å². The van der Waals surface area contributed by atoms with Crippen molar-refractivity contribution in [2.75, 3.05) is 19.0 Å². The van der Waals surface area contributed by atoms with Crippen LogP contribution in [0.2, 0.25) is 0 Å². The molecule has 0 fully saturated rings. The van der Waals surface area contributed by atoms with E-state index in [0.717, 1.165) is 23.4 Å². The van der Waals surface area contributed by atoms with Gasteiger partial charge in [-0.3, -0.25) is 0 Å². The maximum absolute atomic E-state index is 13.1. The van der Waals surface area contributed by atoms with E-state index in [1.165, 1.54) is 12.1 Å². The molecule has 0 spiro atoms. The molecule has 30 heavy (non-hydrogen) atoms. The van der Waals surface area contributed by atoms with Crippen LogP contribution in [0.1, 0.15) is 22.9 Å². The number of fused-ring (bicyclic) bond motifs is 1. The Balaban J connectivity index is 1.64. The van der Waals surface area contributed by atoms with Crippen molar-refractivity contribution < 1.29 is 22.7 Å². The zero-order valence-corrected chi connectivity index (χ0v) is 16.2. The number of amides is 2. The zero-order valence-electron chi connectivity index (χ0n) is 16.2. The molecule has 0 aliphatic carbocycles. The number of nitrogens with one attached hydrogen (secondary N) is 1. The molecule has 2 heterocycles. The number of urea groups is 1. The Bertz CT molecular complexity index is 1040. The van der Waals surface area contributed by atoms with Crippen LogP contribution in [0.15, 0.2) is 66.9 Å². The van der Waals surface area contributed by atoms with Crippen molar-refractivity contribution in [1.82, 2.24) is 9.47 Å². The highest BCUT2D eigenvalue weighted by molar-refractivity contribution is 5.90. The molecule has 0 bridgehead atoms. The van der Waals surface area contributed by atoms with Crippen molar-refractivity contribution in [3.8, 4) is 5.75 Å². The van der Waals surface area contributed by atoms with Gasteiger partial charge in [-0.1, -0.05) is 18.2 Å². The fourth-order valence-electron chi connectivity index (χ4n) is 3.76. The summed E-state index contributed by atoms with van der Waals surface area (Å²) in [4.78, 5) is 14.8. The lowest BCUT2D eigenvalue weighted by atomic mass is 9.99. The number of carbonyl (C=O) groups is 1. The van der Waals surface area contributed by atoms with Gasteiger partial charge in [0.15, 0.2) is 0 Å². The van der Waals surface area contributed by atoms with Gasteiger partial charge < -0.3 is 19.5 Å². The molecule has 3 aromatic rings. The number of methoxy groups -OCH3 is 1. The Kier molecular flexibility index (Phi) is 5.15. The summed E-state index contributed by atoms with van der Waals surface area (Å²) in [5.41, 5.74) is 1.31. The largest absolute Gasteiger partial charge is 0.496 e. The van der Waals surface area contributed by atoms with Gasteiger partial charge in [-0.05, 0) is 42.5 Å². The Labute approximate surface area is 171 Å². The van der Waals surface area contributed by atoms with Crippen molar-refractivity contribution >= 4 is 11.7 Å². The number of anilines is 1. The third-order valence-electron chi connectivity index (χ3n) is 5.20. The molecule has 0 saturated heterocycles. The monoisotopic (exact) mass is 415 g/mol. The Morgan fingerprint density at radius 3 is 2.47 bits per heavy atom. The number of benzene rings is 2. The van der Waals surface area contributed by atoms with Crippen LogP contribution in [0.4, 0.5) is 23.7 Å². The van der Waals surface area contributed by atoms with Crippen molar-refractivity contribution in [3.63, 3.8) is 0 Å². The third kappa shape index (κ3) is 3.72. The lowest BCUT2D eigenvalue weighted by molar-refractivity contribution is -0.137. The summed E-state index contributed by atoms with van der Waals surface area (Å²) in [6.45, 7) is 1.06. The molecular weight excluding hydrogens is 395 g/mol. The van der Waals surface area contributed by atoms with Gasteiger partial charge in [0.05, 0.1) is 12.7 Å². The van der Waals surface area contributed by atoms with E-state index in [1.54, 1.807) is 12.0 Å². The molecule has 1 N–H and O–H groups in total. The van der Waals surface area contributed by atoms with Gasteiger partial charge in [0.2, 0.25) is 0 Å². The van der Waals surface area contributed by atoms with E-state index in [2.05, 4.69) is 9.88 Å². The van der Waals surface area contributed by atoms with E-state index >= 15 is 0 Å². The Morgan fingerprint density at radius 1 is 1.03 bits per heavy atom. The van der Waals surface area contributed by atoms with Crippen LogP contribution in [0.25, 0.3) is 0 Å². The molecule has 5 nitrogen and oxygen atoms in total. The molecule has 1 aliphatic rings. The van der Waals surface area contributed by atoms with E-state index in [1.807, 2.05) is 42.6 Å². The number of alkyl halides is 3. The fraction of sp³-hybridized carbons (Fsp3) is 0.227. The van der Waals surface area contributed by atoms with E-state index in [9.17, 15) is 18.0 Å². The highest BCUT2D eigenvalue weighted by atomic mass is 19.4. The predicted octanol–water partition coefficient (Wildman–Crippen LogP) is 5.15. The van der Waals surface area contributed by atoms with Crippen LogP contribution in [0.3, 0.4) is 0 Å². The molecular formula is C22H20F3N3O2. The topological polar surface area (TPSA) is 46.5 Å². The maximum Gasteiger partial charge on any atom is 0.416 e. The van der Waals surface area contributed by atoms with Crippen LogP contribution >= 0.6 is 0 Å². The van der Waals surface area contributed by atoms with Crippen LogP contribution in [0, 0.1) is 0 Å². The molecule has 4 rings (SSSR count). The molecule has 1 unspecified atom stereocenters. The maximum atomic E-state index is 13.1. The number of hydrogen-bond acceptors (Lipinski definition) is 2. The first kappa shape index (κ1) is 19.9. The van der Waals surface area contributed by atoms with Gasteiger partial charge in [-0.2, -0.15) is 13.2 Å². The van der Waals surface area contributed by atoms with Gasteiger partial charge in [0, 0.05) is 36.2 Å². The first-order valence-corrected chi connectivity index (χ1v) is 9.41. The van der Waals surface area contributed by atoms with Crippen molar-refractivity contribution in [2.45, 2.75) is 18.8 Å². The van der Waals surface area contributed by atoms with Crippen LogP contribution in [-0.4, -0.2) is 29.2 Å². The zero-order chi connectivity index (χ0) is 21.3. The molecule has 1 atom stereocenters. The average Bonchev–Trinajstić information content (AvgIpc) is 3.21. The SMILES string of the molecule is COc1ccccc1C1c2cccn2CCN1C(=O)Nc1ccc(C(F)(F)F)cc1. The number of nitrogens with zero attached hydrogens (tertiary/aromatic N) is 2. The predicted molar refractivity (Wildman–Crippen MR) is 106 cm³/mol. The number of ether oxygens (including phenoxy) is 1. The molecule has 2 amide bonds. The quantitative estimate of drug-likeness (QED) is 0.643. The first-order valence-electron chi connectivity index (χ1n) is 9.41. The van der Waals surface area contributed by atoms with Crippen molar-refractivity contribution in [2.24, 2.45) is 0 Å². The number of para-hydroxylation sites is 1. The van der Waals surface area contributed by atoms with Gasteiger partial charge in [-0.15, -0.1) is 0 Å². The molecule has 1 aliphatic heterocycles. The van der Waals surface area contributed by atoms with Crippen LogP contribution in [0.5, 0.6) is 5.75 Å². The van der Waals surface area contributed by atoms with E-state index in [4.69, 9.17) is 4.74 Å². The van der Waals surface area contributed by atoms with Crippen molar-refractivity contribution in [1.29, 1.82) is 0 Å². The van der Waals surface area contributed by atoms with Gasteiger partial charge in [-0.25, -0.2) is 4.79 Å². The number of carbonyl (C=O) groups excluding carboxylic acids is 1. The third-order valence-corrected chi connectivity index (χ3v) is 5.20. The number of hydrogen-bond donors (Lipinski definition) is 1.